The maximum atomic E-state index is 10.7. The summed E-state index contributed by atoms with van der Waals surface area (Å²) in [6.45, 7) is 5.61. The van der Waals surface area contributed by atoms with E-state index in [1.54, 1.807) is 21.3 Å². The van der Waals surface area contributed by atoms with Crippen molar-refractivity contribution in [1.82, 2.24) is 0 Å². The molecule has 0 heterocycles. The number of aliphatic carboxylic acids is 1. The van der Waals surface area contributed by atoms with Crippen LogP contribution < -0.4 is 0 Å². The number of carboxylic acids is 1. The first-order chi connectivity index (χ1) is 8.47. The highest BCUT2D eigenvalue weighted by atomic mass is 28.4. The molecular formula is C12H24O5Si. The van der Waals surface area contributed by atoms with Gasteiger partial charge in [0.05, 0.1) is 0 Å². The predicted molar refractivity (Wildman–Crippen MR) is 71.4 cm³/mol. The van der Waals surface area contributed by atoms with E-state index in [4.69, 9.17) is 18.4 Å². The van der Waals surface area contributed by atoms with Crippen LogP contribution >= 0.6 is 0 Å². The maximum absolute atomic E-state index is 10.7. The Hall–Kier alpha value is -0.693. The average Bonchev–Trinajstić information content (AvgIpc) is 2.37. The zero-order valence-electron chi connectivity index (χ0n) is 11.7. The fourth-order valence-electron chi connectivity index (χ4n) is 2.05. The summed E-state index contributed by atoms with van der Waals surface area (Å²) >= 11 is 0. The maximum Gasteiger partial charge on any atom is 0.503 e. The Labute approximate surface area is 110 Å². The van der Waals surface area contributed by atoms with Crippen LogP contribution in [0.5, 0.6) is 0 Å². The SMILES string of the molecule is C=C(CCC(CCC)[Si](OC)(OC)OC)C(=O)O. The highest BCUT2D eigenvalue weighted by Crippen LogP contribution is 2.34. The van der Waals surface area contributed by atoms with Gasteiger partial charge in [0.2, 0.25) is 0 Å². The van der Waals surface area contributed by atoms with Crippen molar-refractivity contribution in [3.05, 3.63) is 12.2 Å². The number of carboxylic acid groups (broad SMARTS) is 1. The lowest BCUT2D eigenvalue weighted by Crippen LogP contribution is -2.47. The van der Waals surface area contributed by atoms with Gasteiger partial charge in [-0.05, 0) is 19.3 Å². The Morgan fingerprint density at radius 1 is 1.22 bits per heavy atom. The quantitative estimate of drug-likeness (QED) is 0.490. The summed E-state index contributed by atoms with van der Waals surface area (Å²) in [5, 5.41) is 8.82. The lowest BCUT2D eigenvalue weighted by Gasteiger charge is -2.32. The third kappa shape index (κ3) is 4.53. The normalized spacial score (nSPS) is 13.3. The molecule has 5 nitrogen and oxygen atoms in total. The van der Waals surface area contributed by atoms with E-state index in [0.29, 0.717) is 12.8 Å². The summed E-state index contributed by atoms with van der Waals surface area (Å²) in [5.74, 6) is -0.954. The minimum atomic E-state index is -2.70. The molecule has 1 N–H and O–H groups in total. The van der Waals surface area contributed by atoms with Gasteiger partial charge in [-0.3, -0.25) is 0 Å². The second-order valence-electron chi connectivity index (χ2n) is 4.15. The number of hydrogen-bond acceptors (Lipinski definition) is 4. The van der Waals surface area contributed by atoms with E-state index >= 15 is 0 Å². The van der Waals surface area contributed by atoms with Crippen molar-refractivity contribution in [2.75, 3.05) is 21.3 Å². The summed E-state index contributed by atoms with van der Waals surface area (Å²) in [5.41, 5.74) is 0.306. The van der Waals surface area contributed by atoms with Gasteiger partial charge in [-0.2, -0.15) is 0 Å². The van der Waals surface area contributed by atoms with E-state index in [-0.39, 0.29) is 11.1 Å². The number of hydrogen-bond donors (Lipinski definition) is 1. The summed E-state index contributed by atoms with van der Waals surface area (Å²) in [4.78, 5) is 10.7. The molecule has 0 fully saturated rings. The molecule has 6 heteroatoms. The Bertz CT molecular complexity index is 267. The van der Waals surface area contributed by atoms with Gasteiger partial charge in [-0.1, -0.05) is 19.9 Å². The van der Waals surface area contributed by atoms with Gasteiger partial charge in [0.15, 0.2) is 0 Å². The van der Waals surface area contributed by atoms with E-state index in [9.17, 15) is 4.79 Å². The van der Waals surface area contributed by atoms with E-state index in [0.717, 1.165) is 12.8 Å². The molecule has 0 aromatic rings. The van der Waals surface area contributed by atoms with Gasteiger partial charge in [0.1, 0.15) is 0 Å². The van der Waals surface area contributed by atoms with Crippen LogP contribution in [0.2, 0.25) is 5.54 Å². The molecule has 18 heavy (non-hydrogen) atoms. The van der Waals surface area contributed by atoms with Crippen molar-refractivity contribution >= 4 is 14.8 Å². The minimum absolute atomic E-state index is 0.0959. The largest absolute Gasteiger partial charge is 0.503 e. The Morgan fingerprint density at radius 3 is 2.06 bits per heavy atom. The molecule has 1 atom stereocenters. The Morgan fingerprint density at radius 2 is 1.72 bits per heavy atom. The van der Waals surface area contributed by atoms with Crippen molar-refractivity contribution in [2.24, 2.45) is 0 Å². The van der Waals surface area contributed by atoms with Crippen molar-refractivity contribution < 1.29 is 23.2 Å². The molecule has 0 rings (SSSR count). The summed E-state index contributed by atoms with van der Waals surface area (Å²) < 4.78 is 16.4. The van der Waals surface area contributed by atoms with E-state index in [2.05, 4.69) is 13.5 Å². The molecule has 1 unspecified atom stereocenters. The van der Waals surface area contributed by atoms with E-state index < -0.39 is 14.8 Å². The zero-order chi connectivity index (χ0) is 14.2. The van der Waals surface area contributed by atoms with Crippen LogP contribution in [0.15, 0.2) is 12.2 Å². The first-order valence-electron chi connectivity index (χ1n) is 6.03. The lowest BCUT2D eigenvalue weighted by atomic mass is 10.1. The first kappa shape index (κ1) is 17.3. The zero-order valence-corrected chi connectivity index (χ0v) is 12.7. The highest BCUT2D eigenvalue weighted by molar-refractivity contribution is 6.62. The molecule has 0 aliphatic heterocycles. The predicted octanol–water partition coefficient (Wildman–Crippen LogP) is 2.46. The molecule has 0 aliphatic carbocycles. The molecule has 0 amide bonds. The van der Waals surface area contributed by atoms with Gasteiger partial charge in [-0.25, -0.2) is 4.79 Å². The van der Waals surface area contributed by atoms with Crippen LogP contribution in [-0.2, 0) is 18.1 Å². The second-order valence-corrected chi connectivity index (χ2v) is 7.40. The first-order valence-corrected chi connectivity index (χ1v) is 7.84. The van der Waals surface area contributed by atoms with Crippen LogP contribution in [0, 0.1) is 0 Å². The fourth-order valence-corrected chi connectivity index (χ4v) is 4.69. The lowest BCUT2D eigenvalue weighted by molar-refractivity contribution is -0.132. The number of rotatable bonds is 10. The van der Waals surface area contributed by atoms with Crippen molar-refractivity contribution in [2.45, 2.75) is 38.1 Å². The van der Waals surface area contributed by atoms with Crippen LogP contribution in [0.25, 0.3) is 0 Å². The Balaban J connectivity index is 4.72. The van der Waals surface area contributed by atoms with Crippen LogP contribution in [0.3, 0.4) is 0 Å². The molecule has 0 aliphatic rings. The molecule has 0 saturated heterocycles. The van der Waals surface area contributed by atoms with E-state index in [1.165, 1.54) is 0 Å². The molecule has 0 radical (unpaired) electrons. The van der Waals surface area contributed by atoms with Crippen molar-refractivity contribution in [1.29, 1.82) is 0 Å². The summed E-state index contributed by atoms with van der Waals surface area (Å²) in [6, 6.07) is 0. The molecular weight excluding hydrogens is 252 g/mol. The molecule has 0 spiro atoms. The Kier molecular flexibility index (Phi) is 8.09. The van der Waals surface area contributed by atoms with Gasteiger partial charge < -0.3 is 18.4 Å². The van der Waals surface area contributed by atoms with Gasteiger partial charge in [0.25, 0.3) is 0 Å². The fraction of sp³-hybridized carbons (Fsp3) is 0.750. The van der Waals surface area contributed by atoms with Crippen molar-refractivity contribution in [3.8, 4) is 0 Å². The molecule has 0 aromatic carbocycles. The van der Waals surface area contributed by atoms with E-state index in [1.807, 2.05) is 0 Å². The third-order valence-corrected chi connectivity index (χ3v) is 6.37. The monoisotopic (exact) mass is 276 g/mol. The van der Waals surface area contributed by atoms with Gasteiger partial charge >= 0.3 is 14.8 Å². The minimum Gasteiger partial charge on any atom is -0.478 e. The van der Waals surface area contributed by atoms with Gasteiger partial charge in [0, 0.05) is 32.4 Å². The van der Waals surface area contributed by atoms with Crippen molar-refractivity contribution in [3.63, 3.8) is 0 Å². The highest BCUT2D eigenvalue weighted by Gasteiger charge is 2.46. The molecule has 0 aromatic heterocycles. The van der Waals surface area contributed by atoms with Gasteiger partial charge in [-0.15, -0.1) is 0 Å². The second kappa shape index (κ2) is 8.42. The standard InChI is InChI=1S/C12H24O5Si/c1-6-7-11(9-8-10(2)12(13)14)18(15-3,16-4)17-5/h11H,2,6-9H2,1,3-5H3,(H,13,14). The van der Waals surface area contributed by atoms with Crippen LogP contribution in [0.1, 0.15) is 32.6 Å². The molecule has 0 saturated carbocycles. The number of carbonyl (C=O) groups is 1. The molecule has 106 valence electrons. The summed E-state index contributed by atoms with van der Waals surface area (Å²) in [6.07, 6.45) is 2.93. The topological polar surface area (TPSA) is 65.0 Å². The van der Waals surface area contributed by atoms with Crippen LogP contribution in [0.4, 0.5) is 0 Å². The third-order valence-electron chi connectivity index (χ3n) is 3.09. The van der Waals surface area contributed by atoms with Crippen LogP contribution in [-0.4, -0.2) is 41.2 Å². The average molecular weight is 276 g/mol. The smallest absolute Gasteiger partial charge is 0.478 e. The summed E-state index contributed by atoms with van der Waals surface area (Å²) in [7, 11) is 2.03. The molecule has 0 bridgehead atoms.